The number of aliphatic carboxylic acids is 2. The number of amides is 1. The van der Waals surface area contributed by atoms with Gasteiger partial charge in [-0.25, -0.2) is 4.79 Å². The van der Waals surface area contributed by atoms with E-state index in [2.05, 4.69) is 5.32 Å². The predicted molar refractivity (Wildman–Crippen MR) is 75.0 cm³/mol. The van der Waals surface area contributed by atoms with Crippen molar-refractivity contribution in [3.8, 4) is 0 Å². The van der Waals surface area contributed by atoms with E-state index in [0.29, 0.717) is 24.3 Å². The van der Waals surface area contributed by atoms with Crippen molar-refractivity contribution in [3.05, 3.63) is 0 Å². The molecule has 0 fully saturated rings. The summed E-state index contributed by atoms with van der Waals surface area (Å²) in [7, 11) is 2.87. The molecule has 0 spiro atoms. The first kappa shape index (κ1) is 18.1. The number of nitrogens with one attached hydrogen (secondary N) is 1. The van der Waals surface area contributed by atoms with Crippen LogP contribution in [0.5, 0.6) is 0 Å². The van der Waals surface area contributed by atoms with Gasteiger partial charge in [0.1, 0.15) is 12.1 Å². The highest BCUT2D eigenvalue weighted by Crippen LogP contribution is 2.23. The zero-order valence-corrected chi connectivity index (χ0v) is 12.1. The van der Waals surface area contributed by atoms with Gasteiger partial charge in [0.05, 0.1) is 0 Å². The number of carbonyl (C=O) groups excluding carboxylic acids is 1. The molecule has 19 heavy (non-hydrogen) atoms. The molecule has 0 bridgehead atoms. The van der Waals surface area contributed by atoms with Gasteiger partial charge in [0.25, 0.3) is 0 Å². The van der Waals surface area contributed by atoms with Crippen LogP contribution in [0.2, 0.25) is 0 Å². The first-order chi connectivity index (χ1) is 8.84. The van der Waals surface area contributed by atoms with E-state index < -0.39 is 24.0 Å². The molecule has 0 aliphatic heterocycles. The molecule has 2 atom stereocenters. The number of carboxylic acids is 2. The highest BCUT2D eigenvalue weighted by Gasteiger charge is 2.17. The molecule has 0 aromatic carbocycles. The monoisotopic (exact) mass is 310 g/mol. The lowest BCUT2D eigenvalue weighted by molar-refractivity contribution is -0.141. The van der Waals surface area contributed by atoms with Crippen molar-refractivity contribution in [2.24, 2.45) is 5.73 Å². The van der Waals surface area contributed by atoms with Crippen molar-refractivity contribution in [1.82, 2.24) is 5.32 Å². The van der Waals surface area contributed by atoms with E-state index >= 15 is 0 Å². The summed E-state index contributed by atoms with van der Waals surface area (Å²) in [5, 5.41) is 19.7. The number of hydrogen-bond acceptors (Lipinski definition) is 6. The average Bonchev–Trinajstić information content (AvgIpc) is 2.30. The Labute approximate surface area is 119 Å². The minimum Gasteiger partial charge on any atom is -0.480 e. The van der Waals surface area contributed by atoms with Gasteiger partial charge in [-0.15, -0.1) is 0 Å². The van der Waals surface area contributed by atoms with E-state index in [1.165, 1.54) is 28.5 Å². The maximum absolute atomic E-state index is 10.8. The molecule has 0 saturated carbocycles. The fourth-order valence-electron chi connectivity index (χ4n) is 1.09. The summed E-state index contributed by atoms with van der Waals surface area (Å²) in [6.45, 7) is 1.27. The van der Waals surface area contributed by atoms with Crippen LogP contribution in [0.3, 0.4) is 0 Å². The second kappa shape index (κ2) is 9.93. The molecule has 0 rings (SSSR count). The van der Waals surface area contributed by atoms with E-state index in [9.17, 15) is 14.4 Å². The summed E-state index contributed by atoms with van der Waals surface area (Å²) in [6, 6.07) is -1.74. The third-order valence-corrected chi connectivity index (χ3v) is 4.55. The molecule has 0 heterocycles. The predicted octanol–water partition coefficient (Wildman–Crippen LogP) is 0.149. The van der Waals surface area contributed by atoms with Crippen molar-refractivity contribution >= 4 is 39.4 Å². The summed E-state index contributed by atoms with van der Waals surface area (Å²) >= 11 is 0. The molecule has 0 aliphatic carbocycles. The maximum Gasteiger partial charge on any atom is 0.326 e. The Bertz CT molecular complexity index is 327. The van der Waals surface area contributed by atoms with Crippen molar-refractivity contribution in [2.45, 2.75) is 31.8 Å². The van der Waals surface area contributed by atoms with Gasteiger partial charge in [0.2, 0.25) is 5.91 Å². The van der Waals surface area contributed by atoms with Gasteiger partial charge >= 0.3 is 11.9 Å². The number of rotatable bonds is 10. The van der Waals surface area contributed by atoms with Crippen LogP contribution in [0.1, 0.15) is 19.8 Å². The molecule has 7 nitrogen and oxygen atoms in total. The average molecular weight is 310 g/mol. The third-order valence-electron chi connectivity index (χ3n) is 2.08. The molecule has 1 amide bonds. The number of carboxylic acid groups (broad SMARTS) is 2. The van der Waals surface area contributed by atoms with Crippen LogP contribution in [-0.2, 0) is 14.4 Å². The highest BCUT2D eigenvalue weighted by molar-refractivity contribution is 8.76. The van der Waals surface area contributed by atoms with Crippen LogP contribution in [-0.4, -0.2) is 51.6 Å². The fraction of sp³-hybridized carbons (Fsp3) is 0.700. The van der Waals surface area contributed by atoms with E-state index in [0.717, 1.165) is 0 Å². The summed E-state index contributed by atoms with van der Waals surface area (Å²) < 4.78 is 0. The van der Waals surface area contributed by atoms with Crippen LogP contribution in [0, 0.1) is 0 Å². The summed E-state index contributed by atoms with van der Waals surface area (Å²) in [4.78, 5) is 32.0. The van der Waals surface area contributed by atoms with E-state index in [4.69, 9.17) is 15.9 Å². The van der Waals surface area contributed by atoms with Gasteiger partial charge in [0, 0.05) is 18.4 Å². The minimum absolute atomic E-state index is 0.317. The standard InChI is InChI=1S/C10H18N2O5S2/c1-6(13)12-8(10(16)17)3-5-19-18-4-2-7(11)9(14)15/h7-8H,2-5,11H2,1H3,(H,12,13)(H,14,15)(H,16,17). The lowest BCUT2D eigenvalue weighted by Gasteiger charge is -2.12. The van der Waals surface area contributed by atoms with Crippen molar-refractivity contribution in [1.29, 1.82) is 0 Å². The molecule has 9 heteroatoms. The van der Waals surface area contributed by atoms with Gasteiger partial charge in [0.15, 0.2) is 0 Å². The van der Waals surface area contributed by atoms with Gasteiger partial charge in [-0.2, -0.15) is 0 Å². The zero-order chi connectivity index (χ0) is 14.8. The quantitative estimate of drug-likeness (QED) is 0.331. The van der Waals surface area contributed by atoms with Crippen LogP contribution < -0.4 is 11.1 Å². The molecule has 0 aliphatic rings. The van der Waals surface area contributed by atoms with Crippen molar-refractivity contribution in [3.63, 3.8) is 0 Å². The number of carbonyl (C=O) groups is 3. The molecule has 5 N–H and O–H groups in total. The van der Waals surface area contributed by atoms with Crippen LogP contribution in [0.15, 0.2) is 0 Å². The molecular weight excluding hydrogens is 292 g/mol. The Morgan fingerprint density at radius 1 is 1.11 bits per heavy atom. The Kier molecular flexibility index (Phi) is 9.44. The first-order valence-electron chi connectivity index (χ1n) is 5.57. The minimum atomic E-state index is -1.06. The topological polar surface area (TPSA) is 130 Å². The number of hydrogen-bond donors (Lipinski definition) is 4. The Morgan fingerprint density at radius 3 is 2.05 bits per heavy atom. The maximum atomic E-state index is 10.8. The molecule has 2 unspecified atom stereocenters. The van der Waals surface area contributed by atoms with Crippen molar-refractivity contribution in [2.75, 3.05) is 11.5 Å². The Balaban J connectivity index is 3.69. The number of nitrogens with two attached hydrogens (primary N) is 1. The largest absolute Gasteiger partial charge is 0.480 e. The fourth-order valence-corrected chi connectivity index (χ4v) is 3.29. The zero-order valence-electron chi connectivity index (χ0n) is 10.5. The molecule has 0 radical (unpaired) electrons. The molecule has 0 aromatic heterocycles. The molecular formula is C10H18N2O5S2. The van der Waals surface area contributed by atoms with Crippen LogP contribution in [0.25, 0.3) is 0 Å². The van der Waals surface area contributed by atoms with Gasteiger partial charge < -0.3 is 21.3 Å². The molecule has 110 valence electrons. The smallest absolute Gasteiger partial charge is 0.326 e. The third kappa shape index (κ3) is 9.62. The highest BCUT2D eigenvalue weighted by atomic mass is 33.1. The van der Waals surface area contributed by atoms with Crippen LogP contribution >= 0.6 is 21.6 Å². The molecule has 0 saturated heterocycles. The van der Waals surface area contributed by atoms with E-state index in [1.807, 2.05) is 0 Å². The second-order valence-electron chi connectivity index (χ2n) is 3.76. The lowest BCUT2D eigenvalue weighted by atomic mass is 10.2. The summed E-state index contributed by atoms with van der Waals surface area (Å²) in [5.74, 6) is -1.34. The summed E-state index contributed by atoms with van der Waals surface area (Å²) in [5.41, 5.74) is 5.33. The lowest BCUT2D eigenvalue weighted by Crippen LogP contribution is -2.39. The van der Waals surface area contributed by atoms with Crippen molar-refractivity contribution < 1.29 is 24.6 Å². The van der Waals surface area contributed by atoms with Gasteiger partial charge in [-0.3, -0.25) is 9.59 Å². The SMILES string of the molecule is CC(=O)NC(CCSSCCC(N)C(=O)O)C(=O)O. The molecule has 0 aromatic rings. The van der Waals surface area contributed by atoms with E-state index in [-0.39, 0.29) is 5.91 Å². The second-order valence-corrected chi connectivity index (χ2v) is 6.46. The summed E-state index contributed by atoms with van der Waals surface area (Å²) in [6.07, 6.45) is 0.679. The Morgan fingerprint density at radius 2 is 1.63 bits per heavy atom. The van der Waals surface area contributed by atoms with Crippen LogP contribution in [0.4, 0.5) is 0 Å². The Hall–Kier alpha value is -0.930. The van der Waals surface area contributed by atoms with Gasteiger partial charge in [-0.1, -0.05) is 21.6 Å². The van der Waals surface area contributed by atoms with Gasteiger partial charge in [-0.05, 0) is 12.8 Å². The first-order valence-corrected chi connectivity index (χ1v) is 8.06. The van der Waals surface area contributed by atoms with E-state index in [1.54, 1.807) is 0 Å². The normalized spacial score (nSPS) is 13.6.